The molecule has 0 aliphatic heterocycles. The second-order valence-electron chi connectivity index (χ2n) is 4.70. The molecule has 21 heavy (non-hydrogen) atoms. The van der Waals surface area contributed by atoms with Gasteiger partial charge in [0.15, 0.2) is 0 Å². The molecule has 0 radical (unpaired) electrons. The number of hydrogen-bond donors (Lipinski definition) is 1. The molecule has 1 aromatic heterocycles. The summed E-state index contributed by atoms with van der Waals surface area (Å²) >= 11 is 12.4. The van der Waals surface area contributed by atoms with Gasteiger partial charge in [-0.05, 0) is 38.0 Å². The van der Waals surface area contributed by atoms with E-state index in [9.17, 15) is 0 Å². The number of aryl methyl sites for hydroxylation is 2. The zero-order valence-electron chi connectivity index (χ0n) is 12.2. The van der Waals surface area contributed by atoms with Crippen molar-refractivity contribution < 1.29 is 4.74 Å². The van der Waals surface area contributed by atoms with Gasteiger partial charge in [-0.2, -0.15) is 0 Å². The van der Waals surface area contributed by atoms with E-state index in [0.717, 1.165) is 43.4 Å². The van der Waals surface area contributed by atoms with Crippen LogP contribution in [-0.2, 0) is 11.3 Å². The fraction of sp³-hybridized carbons (Fsp3) is 0.400. The summed E-state index contributed by atoms with van der Waals surface area (Å²) in [5, 5.41) is 4.53. The number of aromatic nitrogens is 2. The minimum absolute atomic E-state index is 0.626. The minimum atomic E-state index is 0.626. The molecule has 0 aliphatic rings. The van der Waals surface area contributed by atoms with E-state index in [4.69, 9.17) is 27.9 Å². The quantitative estimate of drug-likeness (QED) is 0.751. The van der Waals surface area contributed by atoms with E-state index in [2.05, 4.69) is 10.3 Å². The molecule has 0 amide bonds. The van der Waals surface area contributed by atoms with Crippen LogP contribution in [0.25, 0.3) is 0 Å². The fourth-order valence-corrected chi connectivity index (χ4v) is 2.39. The molecule has 1 aromatic carbocycles. The smallest absolute Gasteiger partial charge is 0.207 e. The van der Waals surface area contributed by atoms with Crippen molar-refractivity contribution >= 4 is 34.8 Å². The third-order valence-electron chi connectivity index (χ3n) is 3.10. The molecule has 0 saturated carbocycles. The molecular weight excluding hydrogens is 309 g/mol. The Kier molecular flexibility index (Phi) is 5.91. The topological polar surface area (TPSA) is 39.1 Å². The van der Waals surface area contributed by atoms with E-state index in [1.807, 2.05) is 36.7 Å². The first kappa shape index (κ1) is 16.1. The highest BCUT2D eigenvalue weighted by atomic mass is 35.5. The van der Waals surface area contributed by atoms with Gasteiger partial charge in [0, 0.05) is 37.2 Å². The fourth-order valence-electron chi connectivity index (χ4n) is 1.96. The zero-order valence-corrected chi connectivity index (χ0v) is 13.7. The van der Waals surface area contributed by atoms with Crippen LogP contribution in [0, 0.1) is 6.92 Å². The van der Waals surface area contributed by atoms with Crippen molar-refractivity contribution in [3.8, 4) is 0 Å². The lowest BCUT2D eigenvalue weighted by molar-refractivity contribution is 0.142. The van der Waals surface area contributed by atoms with Gasteiger partial charge in [0.25, 0.3) is 0 Å². The lowest BCUT2D eigenvalue weighted by Crippen LogP contribution is -2.06. The summed E-state index contributed by atoms with van der Waals surface area (Å²) in [4.78, 5) is 4.31. The summed E-state index contributed by atoms with van der Waals surface area (Å²) in [6.45, 7) is 6.23. The van der Waals surface area contributed by atoms with Gasteiger partial charge in [0.05, 0.1) is 10.7 Å². The van der Waals surface area contributed by atoms with Gasteiger partial charge < -0.3 is 14.6 Å². The van der Waals surface area contributed by atoms with Crippen LogP contribution < -0.4 is 5.32 Å². The molecule has 6 heteroatoms. The molecule has 1 N–H and O–H groups in total. The Hall–Kier alpha value is -1.23. The number of imidazole rings is 1. The van der Waals surface area contributed by atoms with Crippen LogP contribution >= 0.6 is 23.2 Å². The van der Waals surface area contributed by atoms with Crippen LogP contribution in [-0.4, -0.2) is 22.8 Å². The van der Waals surface area contributed by atoms with Gasteiger partial charge in [0.2, 0.25) is 5.95 Å². The highest BCUT2D eigenvalue weighted by Gasteiger charge is 2.08. The molecule has 2 aromatic rings. The standard InChI is InChI=1S/C15H19Cl2N3O/c1-3-21-8-4-6-20-7-5-18-15(20)19-14-10-12(16)11(2)9-13(14)17/h5,7,9-10H,3-4,6,8H2,1-2H3,(H,18,19). The molecule has 0 fully saturated rings. The van der Waals surface area contributed by atoms with Crippen molar-refractivity contribution in [1.82, 2.24) is 9.55 Å². The van der Waals surface area contributed by atoms with Gasteiger partial charge in [-0.3, -0.25) is 0 Å². The van der Waals surface area contributed by atoms with Gasteiger partial charge in [-0.15, -0.1) is 0 Å². The molecule has 0 saturated heterocycles. The Labute approximate surface area is 135 Å². The normalized spacial score (nSPS) is 10.9. The maximum Gasteiger partial charge on any atom is 0.207 e. The third-order valence-corrected chi connectivity index (χ3v) is 3.82. The van der Waals surface area contributed by atoms with E-state index in [0.29, 0.717) is 10.0 Å². The number of rotatable bonds is 7. The predicted octanol–water partition coefficient (Wildman–Crippen LogP) is 4.67. The van der Waals surface area contributed by atoms with Crippen molar-refractivity contribution in [3.63, 3.8) is 0 Å². The monoisotopic (exact) mass is 327 g/mol. The molecule has 0 atom stereocenters. The lowest BCUT2D eigenvalue weighted by atomic mass is 10.2. The van der Waals surface area contributed by atoms with Crippen LogP contribution in [0.4, 0.5) is 11.6 Å². The molecule has 0 bridgehead atoms. The molecule has 0 aliphatic carbocycles. The number of halogens is 2. The highest BCUT2D eigenvalue weighted by Crippen LogP contribution is 2.30. The summed E-state index contributed by atoms with van der Waals surface area (Å²) in [6.07, 6.45) is 4.62. The summed E-state index contributed by atoms with van der Waals surface area (Å²) in [5.74, 6) is 0.744. The minimum Gasteiger partial charge on any atom is -0.382 e. The van der Waals surface area contributed by atoms with Crippen LogP contribution in [0.15, 0.2) is 24.5 Å². The van der Waals surface area contributed by atoms with Gasteiger partial charge in [-0.1, -0.05) is 23.2 Å². The van der Waals surface area contributed by atoms with Crippen LogP contribution in [0.2, 0.25) is 10.0 Å². The highest BCUT2D eigenvalue weighted by molar-refractivity contribution is 6.35. The van der Waals surface area contributed by atoms with Crippen molar-refractivity contribution in [1.29, 1.82) is 0 Å². The predicted molar refractivity (Wildman–Crippen MR) is 87.8 cm³/mol. The molecular formula is C15H19Cl2N3O. The maximum absolute atomic E-state index is 6.24. The molecule has 4 nitrogen and oxygen atoms in total. The van der Waals surface area contributed by atoms with Crippen LogP contribution in [0.3, 0.4) is 0 Å². The number of ether oxygens (including phenoxy) is 1. The number of hydrogen-bond acceptors (Lipinski definition) is 3. The number of anilines is 2. The number of nitrogens with zero attached hydrogens (tertiary/aromatic N) is 2. The Morgan fingerprint density at radius 1 is 1.29 bits per heavy atom. The second kappa shape index (κ2) is 7.69. The zero-order chi connectivity index (χ0) is 15.2. The van der Waals surface area contributed by atoms with Crippen LogP contribution in [0.1, 0.15) is 18.9 Å². The van der Waals surface area contributed by atoms with Crippen molar-refractivity contribution in [2.45, 2.75) is 26.8 Å². The first-order chi connectivity index (χ1) is 10.1. The van der Waals surface area contributed by atoms with Crippen LogP contribution in [0.5, 0.6) is 0 Å². The van der Waals surface area contributed by atoms with Crippen molar-refractivity contribution in [2.24, 2.45) is 0 Å². The van der Waals surface area contributed by atoms with E-state index in [-0.39, 0.29) is 0 Å². The van der Waals surface area contributed by atoms with E-state index >= 15 is 0 Å². The van der Waals surface area contributed by atoms with E-state index in [1.54, 1.807) is 6.20 Å². The summed E-state index contributed by atoms with van der Waals surface area (Å²) in [5.41, 5.74) is 1.71. The van der Waals surface area contributed by atoms with E-state index < -0.39 is 0 Å². The number of nitrogens with one attached hydrogen (secondary N) is 1. The van der Waals surface area contributed by atoms with Crippen molar-refractivity contribution in [3.05, 3.63) is 40.1 Å². The molecule has 2 rings (SSSR count). The van der Waals surface area contributed by atoms with Gasteiger partial charge >= 0.3 is 0 Å². The molecule has 1 heterocycles. The first-order valence-corrected chi connectivity index (χ1v) is 7.69. The summed E-state index contributed by atoms with van der Waals surface area (Å²) < 4.78 is 7.38. The SMILES string of the molecule is CCOCCCn1ccnc1Nc1cc(Cl)c(C)cc1Cl. The Morgan fingerprint density at radius 3 is 2.86 bits per heavy atom. The van der Waals surface area contributed by atoms with Gasteiger partial charge in [-0.25, -0.2) is 4.98 Å². The van der Waals surface area contributed by atoms with Gasteiger partial charge in [0.1, 0.15) is 0 Å². The lowest BCUT2D eigenvalue weighted by Gasteiger charge is -2.12. The average Bonchev–Trinajstić information content (AvgIpc) is 2.88. The Morgan fingerprint density at radius 2 is 2.10 bits per heavy atom. The largest absolute Gasteiger partial charge is 0.382 e. The Balaban J connectivity index is 2.06. The maximum atomic E-state index is 6.24. The molecule has 114 valence electrons. The average molecular weight is 328 g/mol. The summed E-state index contributed by atoms with van der Waals surface area (Å²) in [7, 11) is 0. The Bertz CT molecular complexity index is 599. The van der Waals surface area contributed by atoms with E-state index in [1.165, 1.54) is 0 Å². The summed E-state index contributed by atoms with van der Waals surface area (Å²) in [6, 6.07) is 3.66. The second-order valence-corrected chi connectivity index (χ2v) is 5.52. The first-order valence-electron chi connectivity index (χ1n) is 6.93. The molecule has 0 spiro atoms. The third kappa shape index (κ3) is 4.37. The number of benzene rings is 1. The van der Waals surface area contributed by atoms with Crippen molar-refractivity contribution in [2.75, 3.05) is 18.5 Å². The molecule has 0 unspecified atom stereocenters.